The third-order valence-electron chi connectivity index (χ3n) is 3.68. The summed E-state index contributed by atoms with van der Waals surface area (Å²) >= 11 is 3.55. The Morgan fingerprint density at radius 1 is 1.26 bits per heavy atom. The van der Waals surface area contributed by atoms with Crippen LogP contribution in [-0.4, -0.2) is 42.6 Å². The van der Waals surface area contributed by atoms with Gasteiger partial charge in [0.2, 0.25) is 0 Å². The standard InChI is InChI=1S/C19H30N4OS2.HI/c1-19(2,3)17-23-15(14-26-17)7-9-20-18(22-11-13-25-4)21-10-8-16-6-5-12-24-16;/h5-6,12,14H,7-11,13H2,1-4H3,(H2,20,21,22);1H. The summed E-state index contributed by atoms with van der Waals surface area (Å²) in [5.41, 5.74) is 1.26. The molecule has 0 bridgehead atoms. The number of guanidine groups is 1. The van der Waals surface area contributed by atoms with Crippen molar-refractivity contribution in [3.05, 3.63) is 40.2 Å². The number of thiazole rings is 1. The van der Waals surface area contributed by atoms with Crippen molar-refractivity contribution in [2.45, 2.75) is 39.0 Å². The lowest BCUT2D eigenvalue weighted by atomic mass is 9.98. The van der Waals surface area contributed by atoms with Crippen LogP contribution in [-0.2, 0) is 18.3 Å². The summed E-state index contributed by atoms with van der Waals surface area (Å²) in [5.74, 6) is 2.86. The zero-order valence-corrected chi connectivity index (χ0v) is 20.5. The summed E-state index contributed by atoms with van der Waals surface area (Å²) in [7, 11) is 0. The summed E-state index contributed by atoms with van der Waals surface area (Å²) in [4.78, 5) is 9.39. The quantitative estimate of drug-likeness (QED) is 0.222. The number of aromatic nitrogens is 1. The van der Waals surface area contributed by atoms with Crippen molar-refractivity contribution in [1.82, 2.24) is 15.6 Å². The van der Waals surface area contributed by atoms with E-state index in [4.69, 9.17) is 9.40 Å². The van der Waals surface area contributed by atoms with Gasteiger partial charge in [-0.3, -0.25) is 4.99 Å². The van der Waals surface area contributed by atoms with Crippen LogP contribution in [0.15, 0.2) is 33.2 Å². The molecule has 8 heteroatoms. The zero-order valence-electron chi connectivity index (χ0n) is 16.6. The topological polar surface area (TPSA) is 62.5 Å². The molecule has 0 amide bonds. The maximum absolute atomic E-state index is 5.37. The predicted molar refractivity (Wildman–Crippen MR) is 129 cm³/mol. The number of hydrogen-bond acceptors (Lipinski definition) is 5. The van der Waals surface area contributed by atoms with Gasteiger partial charge in [-0.2, -0.15) is 11.8 Å². The molecule has 0 fully saturated rings. The lowest BCUT2D eigenvalue weighted by Gasteiger charge is -2.14. The highest BCUT2D eigenvalue weighted by Gasteiger charge is 2.17. The average molecular weight is 523 g/mol. The summed E-state index contributed by atoms with van der Waals surface area (Å²) in [6, 6.07) is 3.91. The molecule has 5 nitrogen and oxygen atoms in total. The maximum atomic E-state index is 5.37. The van der Waals surface area contributed by atoms with Crippen molar-refractivity contribution in [3.63, 3.8) is 0 Å². The van der Waals surface area contributed by atoms with E-state index in [2.05, 4.69) is 48.0 Å². The number of aliphatic imine (C=N–C) groups is 1. The molecule has 0 saturated heterocycles. The van der Waals surface area contributed by atoms with E-state index in [-0.39, 0.29) is 29.4 Å². The normalized spacial score (nSPS) is 11.9. The van der Waals surface area contributed by atoms with Crippen LogP contribution in [0.5, 0.6) is 0 Å². The third-order valence-corrected chi connectivity index (χ3v) is 5.58. The minimum absolute atomic E-state index is 0. The number of nitrogens with zero attached hydrogens (tertiary/aromatic N) is 2. The van der Waals surface area contributed by atoms with Crippen molar-refractivity contribution >= 4 is 53.0 Å². The van der Waals surface area contributed by atoms with Crippen LogP contribution in [0.25, 0.3) is 0 Å². The van der Waals surface area contributed by atoms with Crippen LogP contribution in [0.2, 0.25) is 0 Å². The first-order valence-electron chi connectivity index (χ1n) is 8.97. The summed E-state index contributed by atoms with van der Waals surface area (Å²) in [6.45, 7) is 9.03. The number of rotatable bonds is 9. The number of hydrogen-bond donors (Lipinski definition) is 2. The molecular formula is C19H31IN4OS2. The Morgan fingerprint density at radius 3 is 2.59 bits per heavy atom. The van der Waals surface area contributed by atoms with E-state index in [1.807, 2.05) is 12.1 Å². The minimum atomic E-state index is 0. The van der Waals surface area contributed by atoms with Crippen molar-refractivity contribution < 1.29 is 4.42 Å². The van der Waals surface area contributed by atoms with Crippen LogP contribution in [0, 0.1) is 0 Å². The monoisotopic (exact) mass is 522 g/mol. The van der Waals surface area contributed by atoms with E-state index in [9.17, 15) is 0 Å². The van der Waals surface area contributed by atoms with Gasteiger partial charge >= 0.3 is 0 Å². The lowest BCUT2D eigenvalue weighted by Crippen LogP contribution is -2.39. The van der Waals surface area contributed by atoms with Gasteiger partial charge in [0.25, 0.3) is 0 Å². The second-order valence-electron chi connectivity index (χ2n) is 7.05. The highest BCUT2D eigenvalue weighted by molar-refractivity contribution is 14.0. The summed E-state index contributed by atoms with van der Waals surface area (Å²) in [6.07, 6.45) is 5.55. The van der Waals surface area contributed by atoms with Crippen molar-refractivity contribution in [1.29, 1.82) is 0 Å². The molecular weight excluding hydrogens is 491 g/mol. The smallest absolute Gasteiger partial charge is 0.191 e. The Labute approximate surface area is 188 Å². The van der Waals surface area contributed by atoms with Gasteiger partial charge in [-0.15, -0.1) is 35.3 Å². The number of nitrogens with one attached hydrogen (secondary N) is 2. The lowest BCUT2D eigenvalue weighted by molar-refractivity contribution is 0.506. The summed E-state index contributed by atoms with van der Waals surface area (Å²) in [5, 5.41) is 10.2. The van der Waals surface area contributed by atoms with Gasteiger partial charge < -0.3 is 15.1 Å². The van der Waals surface area contributed by atoms with Crippen LogP contribution < -0.4 is 10.6 Å². The van der Waals surface area contributed by atoms with Crippen LogP contribution in [0.3, 0.4) is 0 Å². The molecule has 2 aromatic heterocycles. The first-order chi connectivity index (χ1) is 12.5. The van der Waals surface area contributed by atoms with Crippen molar-refractivity contribution in [2.24, 2.45) is 4.99 Å². The molecule has 2 rings (SSSR count). The fourth-order valence-electron chi connectivity index (χ4n) is 2.26. The van der Waals surface area contributed by atoms with Crippen LogP contribution in [0.4, 0.5) is 0 Å². The Kier molecular flexibility index (Phi) is 11.4. The summed E-state index contributed by atoms with van der Waals surface area (Å²) < 4.78 is 5.37. The number of thioether (sulfide) groups is 1. The Bertz CT molecular complexity index is 666. The first-order valence-corrected chi connectivity index (χ1v) is 11.2. The van der Waals surface area contributed by atoms with E-state index in [0.717, 1.165) is 55.6 Å². The van der Waals surface area contributed by atoms with Gasteiger partial charge in [-0.1, -0.05) is 20.8 Å². The molecule has 0 aliphatic carbocycles. The Balaban J connectivity index is 0.00000364. The molecule has 2 aromatic rings. The average Bonchev–Trinajstić information content (AvgIpc) is 3.25. The van der Waals surface area contributed by atoms with Gasteiger partial charge in [-0.25, -0.2) is 4.98 Å². The van der Waals surface area contributed by atoms with E-state index < -0.39 is 0 Å². The number of halogens is 1. The molecule has 0 aliphatic rings. The number of furan rings is 1. The molecule has 2 heterocycles. The maximum Gasteiger partial charge on any atom is 0.191 e. The molecule has 0 aliphatic heterocycles. The van der Waals surface area contributed by atoms with Crippen molar-refractivity contribution in [3.8, 4) is 0 Å². The molecule has 0 saturated carbocycles. The molecule has 0 atom stereocenters. The van der Waals surface area contributed by atoms with E-state index in [1.165, 1.54) is 5.01 Å². The second-order valence-corrected chi connectivity index (χ2v) is 8.89. The molecule has 2 N–H and O–H groups in total. The fourth-order valence-corrected chi connectivity index (χ4v) is 3.47. The van der Waals surface area contributed by atoms with Gasteiger partial charge in [-0.05, 0) is 18.4 Å². The van der Waals surface area contributed by atoms with Crippen LogP contribution in [0.1, 0.15) is 37.2 Å². The largest absolute Gasteiger partial charge is 0.469 e. The van der Waals surface area contributed by atoms with E-state index in [0.29, 0.717) is 0 Å². The molecule has 152 valence electrons. The fraction of sp³-hybridized carbons (Fsp3) is 0.579. The van der Waals surface area contributed by atoms with Crippen LogP contribution >= 0.6 is 47.1 Å². The third kappa shape index (κ3) is 9.34. The van der Waals surface area contributed by atoms with Gasteiger partial charge in [0, 0.05) is 42.5 Å². The zero-order chi connectivity index (χ0) is 18.8. The molecule has 27 heavy (non-hydrogen) atoms. The predicted octanol–water partition coefficient (Wildman–Crippen LogP) is 4.34. The van der Waals surface area contributed by atoms with Crippen molar-refractivity contribution in [2.75, 3.05) is 31.6 Å². The van der Waals surface area contributed by atoms with Gasteiger partial charge in [0.1, 0.15) is 5.76 Å². The Hall–Kier alpha value is -0.740. The first kappa shape index (κ1) is 24.3. The van der Waals surface area contributed by atoms with E-state index in [1.54, 1.807) is 29.4 Å². The molecule has 0 aromatic carbocycles. The second kappa shape index (κ2) is 12.7. The molecule has 0 radical (unpaired) electrons. The van der Waals surface area contributed by atoms with Gasteiger partial charge in [0.05, 0.1) is 23.5 Å². The van der Waals surface area contributed by atoms with E-state index >= 15 is 0 Å². The van der Waals surface area contributed by atoms with Gasteiger partial charge in [0.15, 0.2) is 5.96 Å². The highest BCUT2D eigenvalue weighted by Crippen LogP contribution is 2.25. The Morgan fingerprint density at radius 2 is 2.00 bits per heavy atom. The molecule has 0 unspecified atom stereocenters. The minimum Gasteiger partial charge on any atom is -0.469 e. The highest BCUT2D eigenvalue weighted by atomic mass is 127. The SMILES string of the molecule is CSCCN=C(NCCc1csc(C(C)(C)C)n1)NCCc1ccco1.I. The molecule has 0 spiro atoms.